The van der Waals surface area contributed by atoms with Crippen molar-refractivity contribution in [2.45, 2.75) is 12.6 Å². The van der Waals surface area contributed by atoms with Crippen molar-refractivity contribution < 1.29 is 18.0 Å². The molecule has 0 heterocycles. The van der Waals surface area contributed by atoms with Crippen LogP contribution in [0, 0.1) is 0 Å². The predicted octanol–water partition coefficient (Wildman–Crippen LogP) is 4.39. The summed E-state index contributed by atoms with van der Waals surface area (Å²) in [7, 11) is 0. The van der Waals surface area contributed by atoms with Gasteiger partial charge in [-0.3, -0.25) is 4.79 Å². The lowest BCUT2D eigenvalue weighted by Crippen LogP contribution is -2.10. The van der Waals surface area contributed by atoms with Gasteiger partial charge in [0.25, 0.3) is 0 Å². The number of halogens is 3. The predicted molar refractivity (Wildman–Crippen MR) is 75.3 cm³/mol. The van der Waals surface area contributed by atoms with E-state index in [0.717, 1.165) is 12.1 Å². The van der Waals surface area contributed by atoms with Crippen LogP contribution in [-0.4, -0.2) is 12.3 Å². The van der Waals surface area contributed by atoms with Gasteiger partial charge in [-0.2, -0.15) is 13.2 Å². The number of carbonyl (C=O) groups is 1. The molecule has 0 unspecified atom stereocenters. The molecule has 2 rings (SSSR count). The summed E-state index contributed by atoms with van der Waals surface area (Å²) in [5, 5.41) is 2.84. The van der Waals surface area contributed by atoms with E-state index in [0.29, 0.717) is 11.3 Å². The van der Waals surface area contributed by atoms with Crippen molar-refractivity contribution in [3.8, 4) is 0 Å². The minimum atomic E-state index is -4.36. The number of benzene rings is 2. The summed E-state index contributed by atoms with van der Waals surface area (Å²) in [5.74, 6) is -0.0462. The summed E-state index contributed by atoms with van der Waals surface area (Å²) in [4.78, 5) is 11.8. The Bertz CT molecular complexity index is 608. The van der Waals surface area contributed by atoms with Crippen molar-refractivity contribution in [1.29, 1.82) is 0 Å². The van der Waals surface area contributed by atoms with E-state index in [2.05, 4.69) is 5.32 Å². The third kappa shape index (κ3) is 4.34. The average molecular weight is 293 g/mol. The summed E-state index contributed by atoms with van der Waals surface area (Å²) in [6.45, 7) is 0.287. The molecule has 110 valence electrons. The lowest BCUT2D eigenvalue weighted by Gasteiger charge is -2.10. The molecule has 0 aliphatic rings. The lowest BCUT2D eigenvalue weighted by molar-refractivity contribution is -0.137. The first-order valence-corrected chi connectivity index (χ1v) is 6.46. The summed E-state index contributed by atoms with van der Waals surface area (Å²) in [6.07, 6.45) is -4.14. The number of hydrogen-bond donors (Lipinski definition) is 1. The summed E-state index contributed by atoms with van der Waals surface area (Å²) in [6, 6.07) is 13.7. The second kappa shape index (κ2) is 6.43. The van der Waals surface area contributed by atoms with Gasteiger partial charge in [0.15, 0.2) is 5.78 Å². The molecule has 5 heteroatoms. The zero-order valence-electron chi connectivity index (χ0n) is 11.2. The minimum absolute atomic E-state index is 0.0462. The number of nitrogens with one attached hydrogen (secondary N) is 1. The maximum absolute atomic E-state index is 12.6. The molecule has 2 aromatic rings. The molecule has 0 amide bonds. The van der Waals surface area contributed by atoms with Crippen LogP contribution < -0.4 is 5.32 Å². The highest BCUT2D eigenvalue weighted by atomic mass is 19.4. The number of alkyl halides is 3. The molecule has 0 bridgehead atoms. The van der Waals surface area contributed by atoms with Crippen LogP contribution in [0.2, 0.25) is 0 Å². The molecule has 0 aliphatic carbocycles. The fourth-order valence-electron chi connectivity index (χ4n) is 1.89. The second-order valence-electron chi connectivity index (χ2n) is 4.54. The first kappa shape index (κ1) is 15.1. The highest BCUT2D eigenvalue weighted by Gasteiger charge is 2.30. The summed E-state index contributed by atoms with van der Waals surface area (Å²) in [5.41, 5.74) is 0.246. The number of anilines is 1. The van der Waals surface area contributed by atoms with Crippen molar-refractivity contribution >= 4 is 11.5 Å². The van der Waals surface area contributed by atoms with Gasteiger partial charge >= 0.3 is 6.18 Å². The van der Waals surface area contributed by atoms with Gasteiger partial charge in [0.05, 0.1) is 5.56 Å². The molecule has 0 saturated carbocycles. The van der Waals surface area contributed by atoms with Gasteiger partial charge in [0.2, 0.25) is 0 Å². The Kier molecular flexibility index (Phi) is 4.62. The van der Waals surface area contributed by atoms with Gasteiger partial charge in [-0.05, 0) is 18.2 Å². The van der Waals surface area contributed by atoms with Gasteiger partial charge in [-0.1, -0.05) is 36.4 Å². The van der Waals surface area contributed by atoms with E-state index < -0.39 is 11.7 Å². The van der Waals surface area contributed by atoms with E-state index in [-0.39, 0.29) is 18.7 Å². The maximum atomic E-state index is 12.6. The standard InChI is InChI=1S/C16H14F3NO/c17-16(18,19)13-7-4-8-14(11-13)20-10-9-15(21)12-5-2-1-3-6-12/h1-8,11,20H,9-10H2. The Morgan fingerprint density at radius 1 is 1.00 bits per heavy atom. The van der Waals surface area contributed by atoms with E-state index in [1.54, 1.807) is 30.3 Å². The fourth-order valence-corrected chi connectivity index (χ4v) is 1.89. The van der Waals surface area contributed by atoms with Crippen LogP contribution >= 0.6 is 0 Å². The molecular weight excluding hydrogens is 279 g/mol. The van der Waals surface area contributed by atoms with Crippen LogP contribution in [0.25, 0.3) is 0 Å². The molecular formula is C16H14F3NO. The van der Waals surface area contributed by atoms with E-state index in [9.17, 15) is 18.0 Å². The SMILES string of the molecule is O=C(CCNc1cccc(C(F)(F)F)c1)c1ccccc1. The molecule has 0 radical (unpaired) electrons. The number of hydrogen-bond acceptors (Lipinski definition) is 2. The van der Waals surface area contributed by atoms with Crippen molar-refractivity contribution in [1.82, 2.24) is 0 Å². The first-order chi connectivity index (χ1) is 9.97. The Morgan fingerprint density at radius 3 is 2.38 bits per heavy atom. The van der Waals surface area contributed by atoms with Gasteiger partial charge < -0.3 is 5.32 Å². The Hall–Kier alpha value is -2.30. The normalized spacial score (nSPS) is 11.2. The molecule has 0 fully saturated rings. The number of ketones is 1. The minimum Gasteiger partial charge on any atom is -0.385 e. The highest BCUT2D eigenvalue weighted by molar-refractivity contribution is 5.96. The molecule has 2 nitrogen and oxygen atoms in total. The van der Waals surface area contributed by atoms with Gasteiger partial charge in [0.1, 0.15) is 0 Å². The Morgan fingerprint density at radius 2 is 1.71 bits per heavy atom. The van der Waals surface area contributed by atoms with Gasteiger partial charge in [-0.15, -0.1) is 0 Å². The molecule has 2 aromatic carbocycles. The van der Waals surface area contributed by atoms with Crippen molar-refractivity contribution in [3.63, 3.8) is 0 Å². The smallest absolute Gasteiger partial charge is 0.385 e. The Labute approximate surface area is 120 Å². The van der Waals surface area contributed by atoms with E-state index in [1.165, 1.54) is 6.07 Å². The highest BCUT2D eigenvalue weighted by Crippen LogP contribution is 2.30. The molecule has 21 heavy (non-hydrogen) atoms. The fraction of sp³-hybridized carbons (Fsp3) is 0.188. The van der Waals surface area contributed by atoms with Crippen LogP contribution in [0.4, 0.5) is 18.9 Å². The third-order valence-corrected chi connectivity index (χ3v) is 2.97. The third-order valence-electron chi connectivity index (χ3n) is 2.97. The zero-order valence-corrected chi connectivity index (χ0v) is 11.2. The first-order valence-electron chi connectivity index (χ1n) is 6.46. The van der Waals surface area contributed by atoms with Crippen LogP contribution in [0.15, 0.2) is 54.6 Å². The largest absolute Gasteiger partial charge is 0.416 e. The quantitative estimate of drug-likeness (QED) is 0.828. The maximum Gasteiger partial charge on any atom is 0.416 e. The number of Topliss-reactive ketones (excluding diaryl/α,β-unsaturated/α-hetero) is 1. The summed E-state index contributed by atoms with van der Waals surface area (Å²) >= 11 is 0. The second-order valence-corrected chi connectivity index (χ2v) is 4.54. The molecule has 1 N–H and O–H groups in total. The number of carbonyl (C=O) groups excluding carboxylic acids is 1. The van der Waals surface area contributed by atoms with E-state index in [1.807, 2.05) is 6.07 Å². The van der Waals surface area contributed by atoms with E-state index >= 15 is 0 Å². The van der Waals surface area contributed by atoms with Crippen LogP contribution in [-0.2, 0) is 6.18 Å². The van der Waals surface area contributed by atoms with Crippen molar-refractivity contribution in [2.75, 3.05) is 11.9 Å². The molecule has 0 atom stereocenters. The number of rotatable bonds is 5. The monoisotopic (exact) mass is 293 g/mol. The van der Waals surface area contributed by atoms with Crippen LogP contribution in [0.1, 0.15) is 22.3 Å². The topological polar surface area (TPSA) is 29.1 Å². The summed E-state index contributed by atoms with van der Waals surface area (Å²) < 4.78 is 37.7. The van der Waals surface area contributed by atoms with Gasteiger partial charge in [-0.25, -0.2) is 0 Å². The van der Waals surface area contributed by atoms with Gasteiger partial charge in [0, 0.05) is 24.2 Å². The molecule has 0 saturated heterocycles. The lowest BCUT2D eigenvalue weighted by atomic mass is 10.1. The molecule has 0 spiro atoms. The molecule has 0 aromatic heterocycles. The molecule has 0 aliphatic heterocycles. The van der Waals surface area contributed by atoms with Crippen molar-refractivity contribution in [3.05, 3.63) is 65.7 Å². The average Bonchev–Trinajstić information content (AvgIpc) is 2.47. The van der Waals surface area contributed by atoms with Crippen LogP contribution in [0.3, 0.4) is 0 Å². The van der Waals surface area contributed by atoms with Crippen molar-refractivity contribution in [2.24, 2.45) is 0 Å². The Balaban J connectivity index is 1.91. The zero-order chi connectivity index (χ0) is 15.3. The van der Waals surface area contributed by atoms with E-state index in [4.69, 9.17) is 0 Å². The van der Waals surface area contributed by atoms with Crippen LogP contribution in [0.5, 0.6) is 0 Å².